The lowest BCUT2D eigenvalue weighted by Crippen LogP contribution is -2.50. The van der Waals surface area contributed by atoms with Crippen LogP contribution in [-0.2, 0) is 9.59 Å². The van der Waals surface area contributed by atoms with Crippen molar-refractivity contribution in [1.82, 2.24) is 15.1 Å². The summed E-state index contributed by atoms with van der Waals surface area (Å²) >= 11 is 0. The molecule has 2 amide bonds. The first-order valence-corrected chi connectivity index (χ1v) is 8.44. The SMILES string of the molecule is CC(NC(=O)CN1CCC(C)(CN)C1)C(=O)N1CCCCC1. The van der Waals surface area contributed by atoms with Crippen LogP contribution in [0.2, 0.25) is 0 Å². The Morgan fingerprint density at radius 1 is 1.23 bits per heavy atom. The molecule has 2 aliphatic rings. The van der Waals surface area contributed by atoms with Gasteiger partial charge in [-0.1, -0.05) is 6.92 Å². The number of carbonyl (C=O) groups excluding carboxylic acids is 2. The topological polar surface area (TPSA) is 78.7 Å². The molecule has 0 aromatic rings. The lowest BCUT2D eigenvalue weighted by atomic mass is 9.90. The minimum absolute atomic E-state index is 0.0428. The molecule has 2 rings (SSSR count). The molecule has 6 nitrogen and oxygen atoms in total. The summed E-state index contributed by atoms with van der Waals surface area (Å²) in [4.78, 5) is 28.4. The van der Waals surface area contributed by atoms with Crippen LogP contribution in [0.25, 0.3) is 0 Å². The third-order valence-corrected chi connectivity index (χ3v) is 4.91. The first-order valence-electron chi connectivity index (χ1n) is 8.44. The second-order valence-corrected chi connectivity index (χ2v) is 7.15. The van der Waals surface area contributed by atoms with Crippen molar-refractivity contribution in [1.29, 1.82) is 0 Å². The average Bonchev–Trinajstić information content (AvgIpc) is 2.89. The molecule has 0 bridgehead atoms. The molecular formula is C16H30N4O2. The zero-order valence-electron chi connectivity index (χ0n) is 13.9. The van der Waals surface area contributed by atoms with Crippen LogP contribution in [-0.4, -0.2) is 66.9 Å². The summed E-state index contributed by atoms with van der Waals surface area (Å²) in [5.74, 6) is -0.0274. The third kappa shape index (κ3) is 4.43. The molecular weight excluding hydrogens is 280 g/mol. The largest absolute Gasteiger partial charge is 0.343 e. The zero-order valence-corrected chi connectivity index (χ0v) is 13.9. The molecule has 2 aliphatic heterocycles. The van der Waals surface area contributed by atoms with Crippen molar-refractivity contribution < 1.29 is 9.59 Å². The maximum Gasteiger partial charge on any atom is 0.244 e. The van der Waals surface area contributed by atoms with Crippen molar-refractivity contribution in [3.8, 4) is 0 Å². The number of hydrogen-bond acceptors (Lipinski definition) is 4. The van der Waals surface area contributed by atoms with Gasteiger partial charge in [0.05, 0.1) is 6.54 Å². The Balaban J connectivity index is 1.75. The minimum atomic E-state index is -0.436. The van der Waals surface area contributed by atoms with E-state index in [9.17, 15) is 9.59 Å². The normalized spacial score (nSPS) is 27.7. The van der Waals surface area contributed by atoms with Crippen LogP contribution in [0.15, 0.2) is 0 Å². The highest BCUT2D eigenvalue weighted by molar-refractivity contribution is 5.88. The number of likely N-dealkylation sites (tertiary alicyclic amines) is 2. The lowest BCUT2D eigenvalue weighted by Gasteiger charge is -2.29. The molecule has 3 N–H and O–H groups in total. The van der Waals surface area contributed by atoms with Crippen molar-refractivity contribution in [2.24, 2.45) is 11.1 Å². The number of piperidine rings is 1. The highest BCUT2D eigenvalue weighted by Gasteiger charge is 2.33. The molecule has 2 heterocycles. The molecule has 0 saturated carbocycles. The van der Waals surface area contributed by atoms with E-state index >= 15 is 0 Å². The van der Waals surface area contributed by atoms with Gasteiger partial charge in [0.2, 0.25) is 11.8 Å². The van der Waals surface area contributed by atoms with Gasteiger partial charge in [-0.25, -0.2) is 0 Å². The van der Waals surface area contributed by atoms with Gasteiger partial charge in [-0.2, -0.15) is 0 Å². The fourth-order valence-corrected chi connectivity index (χ4v) is 3.37. The van der Waals surface area contributed by atoms with Crippen LogP contribution >= 0.6 is 0 Å². The Morgan fingerprint density at radius 2 is 1.91 bits per heavy atom. The Bertz CT molecular complexity index is 409. The molecule has 0 aliphatic carbocycles. The lowest BCUT2D eigenvalue weighted by molar-refractivity contribution is -0.136. The standard InChI is InChI=1S/C16H30N4O2/c1-13(15(22)20-7-4-3-5-8-20)18-14(21)10-19-9-6-16(2,11-17)12-19/h13H,3-12,17H2,1-2H3,(H,18,21). The number of nitrogens with zero attached hydrogens (tertiary/aromatic N) is 2. The molecule has 0 radical (unpaired) electrons. The predicted octanol–water partition coefficient (Wildman–Crippen LogP) is 0.174. The zero-order chi connectivity index (χ0) is 16.2. The molecule has 2 saturated heterocycles. The van der Waals surface area contributed by atoms with E-state index in [0.717, 1.165) is 45.4 Å². The van der Waals surface area contributed by atoms with Crippen molar-refractivity contribution >= 4 is 11.8 Å². The number of carbonyl (C=O) groups is 2. The van der Waals surface area contributed by atoms with E-state index in [1.54, 1.807) is 6.92 Å². The Hall–Kier alpha value is -1.14. The molecule has 6 heteroatoms. The average molecular weight is 310 g/mol. The number of amides is 2. The van der Waals surface area contributed by atoms with Gasteiger partial charge in [-0.3, -0.25) is 14.5 Å². The first-order chi connectivity index (χ1) is 10.4. The molecule has 126 valence electrons. The molecule has 2 atom stereocenters. The van der Waals surface area contributed by atoms with Crippen molar-refractivity contribution in [3.05, 3.63) is 0 Å². The van der Waals surface area contributed by atoms with Crippen LogP contribution in [0, 0.1) is 5.41 Å². The molecule has 2 unspecified atom stereocenters. The summed E-state index contributed by atoms with van der Waals surface area (Å²) in [6.45, 7) is 8.33. The Kier molecular flexibility index (Phi) is 5.81. The van der Waals surface area contributed by atoms with Gasteiger partial charge >= 0.3 is 0 Å². The predicted molar refractivity (Wildman–Crippen MR) is 86.3 cm³/mol. The van der Waals surface area contributed by atoms with E-state index in [1.165, 1.54) is 6.42 Å². The third-order valence-electron chi connectivity index (χ3n) is 4.91. The van der Waals surface area contributed by atoms with Crippen molar-refractivity contribution in [2.45, 2.75) is 45.6 Å². The van der Waals surface area contributed by atoms with E-state index < -0.39 is 6.04 Å². The van der Waals surface area contributed by atoms with Crippen molar-refractivity contribution in [3.63, 3.8) is 0 Å². The van der Waals surface area contributed by atoms with E-state index in [-0.39, 0.29) is 17.2 Å². The maximum atomic E-state index is 12.3. The summed E-state index contributed by atoms with van der Waals surface area (Å²) in [6, 6.07) is -0.436. The highest BCUT2D eigenvalue weighted by atomic mass is 16.2. The van der Waals surface area contributed by atoms with Gasteiger partial charge < -0.3 is 16.0 Å². The monoisotopic (exact) mass is 310 g/mol. The van der Waals surface area contributed by atoms with Gasteiger partial charge in [0.25, 0.3) is 0 Å². The van der Waals surface area contributed by atoms with Crippen LogP contribution in [0.1, 0.15) is 39.5 Å². The molecule has 0 spiro atoms. The van der Waals surface area contributed by atoms with E-state index in [0.29, 0.717) is 13.1 Å². The van der Waals surface area contributed by atoms with Crippen molar-refractivity contribution in [2.75, 3.05) is 39.3 Å². The van der Waals surface area contributed by atoms with E-state index in [1.807, 2.05) is 4.90 Å². The Morgan fingerprint density at radius 3 is 2.50 bits per heavy atom. The summed E-state index contributed by atoms with van der Waals surface area (Å²) in [5.41, 5.74) is 5.91. The second kappa shape index (κ2) is 7.42. The van der Waals surface area contributed by atoms with Gasteiger partial charge in [0, 0.05) is 19.6 Å². The Labute approximate surface area is 133 Å². The summed E-state index contributed by atoms with van der Waals surface area (Å²) in [7, 11) is 0. The number of nitrogens with two attached hydrogens (primary N) is 1. The maximum absolute atomic E-state index is 12.3. The summed E-state index contributed by atoms with van der Waals surface area (Å²) < 4.78 is 0. The van der Waals surface area contributed by atoms with Gasteiger partial charge in [0.1, 0.15) is 6.04 Å². The summed E-state index contributed by atoms with van der Waals surface area (Å²) in [6.07, 6.45) is 4.36. The summed E-state index contributed by atoms with van der Waals surface area (Å²) in [5, 5.41) is 2.85. The quantitative estimate of drug-likeness (QED) is 0.759. The number of hydrogen-bond donors (Lipinski definition) is 2. The molecule has 22 heavy (non-hydrogen) atoms. The van der Waals surface area contributed by atoms with Crippen LogP contribution in [0.3, 0.4) is 0 Å². The van der Waals surface area contributed by atoms with Gasteiger partial charge in [-0.05, 0) is 51.1 Å². The van der Waals surface area contributed by atoms with Crippen LogP contribution < -0.4 is 11.1 Å². The van der Waals surface area contributed by atoms with Gasteiger partial charge in [-0.15, -0.1) is 0 Å². The highest BCUT2D eigenvalue weighted by Crippen LogP contribution is 2.27. The van der Waals surface area contributed by atoms with Crippen LogP contribution in [0.5, 0.6) is 0 Å². The van der Waals surface area contributed by atoms with Crippen LogP contribution in [0.4, 0.5) is 0 Å². The smallest absolute Gasteiger partial charge is 0.244 e. The first kappa shape index (κ1) is 17.2. The molecule has 0 aromatic heterocycles. The number of nitrogens with one attached hydrogen (secondary N) is 1. The minimum Gasteiger partial charge on any atom is -0.343 e. The van der Waals surface area contributed by atoms with E-state index in [4.69, 9.17) is 5.73 Å². The van der Waals surface area contributed by atoms with Gasteiger partial charge in [0.15, 0.2) is 0 Å². The number of rotatable bonds is 5. The fraction of sp³-hybridized carbons (Fsp3) is 0.875. The second-order valence-electron chi connectivity index (χ2n) is 7.15. The molecule has 0 aromatic carbocycles. The molecule has 2 fully saturated rings. The fourth-order valence-electron chi connectivity index (χ4n) is 3.37. The van der Waals surface area contributed by atoms with E-state index in [2.05, 4.69) is 17.1 Å².